The quantitative estimate of drug-likeness (QED) is 0.459. The number of rotatable bonds is 8. The molecule has 2 aliphatic carbocycles. The van der Waals surface area contributed by atoms with Gasteiger partial charge in [-0.2, -0.15) is 17.9 Å². The van der Waals surface area contributed by atoms with E-state index in [4.69, 9.17) is 0 Å². The molecule has 0 spiro atoms. The van der Waals surface area contributed by atoms with E-state index in [0.29, 0.717) is 0 Å². The number of carbonyl (C=O) groups is 1. The minimum absolute atomic E-state index is 0.00267. The highest BCUT2D eigenvalue weighted by atomic mass is 32.2. The van der Waals surface area contributed by atoms with Crippen molar-refractivity contribution in [2.45, 2.75) is 51.9 Å². The van der Waals surface area contributed by atoms with Crippen LogP contribution in [0.1, 0.15) is 47.6 Å². The van der Waals surface area contributed by atoms with Crippen LogP contribution in [-0.4, -0.2) is 43.1 Å². The maximum atomic E-state index is 13.1. The summed E-state index contributed by atoms with van der Waals surface area (Å²) in [5.74, 6) is -0.943. The molecule has 0 unspecified atom stereocenters. The van der Waals surface area contributed by atoms with Crippen molar-refractivity contribution in [1.82, 2.24) is 15.1 Å². The number of nitrogens with one attached hydrogen (secondary N) is 1. The fourth-order valence-corrected chi connectivity index (χ4v) is 5.86. The second-order valence-corrected chi connectivity index (χ2v) is 9.92. The number of hydrogen-bond donors (Lipinski definition) is 1. The molecule has 9 nitrogen and oxygen atoms in total. The predicted octanol–water partition coefficient (Wildman–Crippen LogP) is 0.586. The summed E-state index contributed by atoms with van der Waals surface area (Å²) in [7, 11) is -2.64. The fourth-order valence-electron chi connectivity index (χ4n) is 4.76. The summed E-state index contributed by atoms with van der Waals surface area (Å²) >= 11 is 0. The Hall–Kier alpha value is -2.88. The van der Waals surface area contributed by atoms with Crippen LogP contribution >= 0.6 is 0 Å². The topological polar surface area (TPSA) is 120 Å². The Kier molecular flexibility index (Phi) is 6.23. The zero-order chi connectivity index (χ0) is 22.9. The highest BCUT2D eigenvalue weighted by Gasteiger charge is 2.25. The summed E-state index contributed by atoms with van der Waals surface area (Å²) in [5, 5.41) is 19.5. The molecule has 1 N–H and O–H groups in total. The van der Waals surface area contributed by atoms with E-state index >= 15 is 0 Å². The van der Waals surface area contributed by atoms with Crippen molar-refractivity contribution in [3.05, 3.63) is 46.3 Å². The van der Waals surface area contributed by atoms with Gasteiger partial charge in [0.1, 0.15) is 0 Å². The van der Waals surface area contributed by atoms with Crippen molar-refractivity contribution in [2.24, 2.45) is 11.4 Å². The number of aromatic nitrogens is 2. The lowest BCUT2D eigenvalue weighted by Gasteiger charge is -2.23. The zero-order valence-corrected chi connectivity index (χ0v) is 19.2. The maximum absolute atomic E-state index is 13.1. The van der Waals surface area contributed by atoms with Gasteiger partial charge in [0.25, 0.3) is 0 Å². The van der Waals surface area contributed by atoms with E-state index in [1.165, 1.54) is 46.3 Å². The van der Waals surface area contributed by atoms with Gasteiger partial charge in [0.05, 0.1) is 18.4 Å². The second kappa shape index (κ2) is 8.93. The minimum atomic E-state index is -4.30. The molecule has 0 fully saturated rings. The Labute approximate surface area is 188 Å². The third-order valence-electron chi connectivity index (χ3n) is 6.09. The smallest absolute Gasteiger partial charge is 0.343 e. The van der Waals surface area contributed by atoms with Crippen molar-refractivity contribution in [1.29, 1.82) is 0 Å². The van der Waals surface area contributed by atoms with Gasteiger partial charge in [0.15, 0.2) is 0 Å². The molecule has 1 heterocycles. The maximum Gasteiger partial charge on any atom is 0.343 e. The van der Waals surface area contributed by atoms with Crippen LogP contribution in [0.15, 0.2) is 22.9 Å². The first-order valence-corrected chi connectivity index (χ1v) is 12.3. The molecule has 1 amide bonds. The molecule has 0 atom stereocenters. The normalized spacial score (nSPS) is 15.5. The Morgan fingerprint density at radius 3 is 2.44 bits per heavy atom. The van der Waals surface area contributed by atoms with Gasteiger partial charge in [-0.05, 0) is 72.2 Å². The lowest BCUT2D eigenvalue weighted by Crippen LogP contribution is -2.38. The largest absolute Gasteiger partial charge is 0.861 e. The van der Waals surface area contributed by atoms with E-state index in [1.807, 2.05) is 0 Å². The SMILES string of the molecule is CC(=O)NCCN(c1cnn(C)c1)S(=O)(=O)/N=C(\[O-])Cc1c2c(cc3c1CCC3)CCC2. The van der Waals surface area contributed by atoms with Crippen LogP contribution in [0, 0.1) is 0 Å². The lowest BCUT2D eigenvalue weighted by atomic mass is 9.92. The molecule has 2 aliphatic rings. The molecule has 172 valence electrons. The van der Waals surface area contributed by atoms with Crippen LogP contribution in [0.5, 0.6) is 0 Å². The first kappa shape index (κ1) is 22.3. The lowest BCUT2D eigenvalue weighted by molar-refractivity contribution is -0.217. The summed E-state index contributed by atoms with van der Waals surface area (Å²) < 4.78 is 32.3. The number of amides is 1. The summed E-state index contributed by atoms with van der Waals surface area (Å²) in [6, 6.07) is 2.28. The number of nitrogens with zero attached hydrogens (tertiary/aromatic N) is 4. The van der Waals surface area contributed by atoms with Crippen molar-refractivity contribution in [2.75, 3.05) is 17.4 Å². The van der Waals surface area contributed by atoms with Crippen molar-refractivity contribution in [3.63, 3.8) is 0 Å². The summed E-state index contributed by atoms with van der Waals surface area (Å²) in [4.78, 5) is 11.2. The first-order chi connectivity index (χ1) is 15.2. The summed E-state index contributed by atoms with van der Waals surface area (Å²) in [5.41, 5.74) is 6.29. The monoisotopic (exact) mass is 458 g/mol. The van der Waals surface area contributed by atoms with Gasteiger partial charge in [0, 0.05) is 33.1 Å². The zero-order valence-electron chi connectivity index (χ0n) is 18.4. The van der Waals surface area contributed by atoms with Crippen LogP contribution in [0.25, 0.3) is 0 Å². The minimum Gasteiger partial charge on any atom is -0.861 e. The number of fused-ring (bicyclic) bond motifs is 2. The summed E-state index contributed by atoms with van der Waals surface area (Å²) in [6.45, 7) is 1.39. The van der Waals surface area contributed by atoms with Gasteiger partial charge < -0.3 is 10.4 Å². The number of benzene rings is 1. The molecule has 4 rings (SSSR count). The third kappa shape index (κ3) is 4.64. The van der Waals surface area contributed by atoms with E-state index in [9.17, 15) is 18.3 Å². The Bertz CT molecular complexity index is 1140. The van der Waals surface area contributed by atoms with Crippen LogP contribution in [0.3, 0.4) is 0 Å². The molecule has 0 aliphatic heterocycles. The molecule has 0 bridgehead atoms. The van der Waals surface area contributed by atoms with Crippen LogP contribution < -0.4 is 14.7 Å². The van der Waals surface area contributed by atoms with Gasteiger partial charge >= 0.3 is 10.2 Å². The standard InChI is InChI=1S/C22H29N5O4S/c1-15(28)23-9-10-27(18-13-24-26(2)14-18)32(30,31)25-22(29)12-21-19-7-3-5-16(19)11-17-6-4-8-20(17)21/h11,13-14H,3-10,12H2,1-2H3,(H,23,28)(H,25,29)/p-1. The molecule has 1 aromatic carbocycles. The Morgan fingerprint density at radius 2 is 1.88 bits per heavy atom. The Morgan fingerprint density at radius 1 is 1.22 bits per heavy atom. The van der Waals surface area contributed by atoms with Crippen molar-refractivity contribution >= 4 is 27.7 Å². The molecule has 0 saturated carbocycles. The Balaban J connectivity index is 1.62. The number of aryl methyl sites for hydroxylation is 3. The van der Waals surface area contributed by atoms with Crippen LogP contribution in [0.2, 0.25) is 0 Å². The molecule has 0 saturated heterocycles. The van der Waals surface area contributed by atoms with Crippen molar-refractivity contribution < 1.29 is 18.3 Å². The second-order valence-electron chi connectivity index (χ2n) is 8.40. The van der Waals surface area contributed by atoms with Crippen LogP contribution in [-0.2, 0) is 54.2 Å². The molecular formula is C22H28N5O4S-. The molecule has 10 heteroatoms. The van der Waals surface area contributed by atoms with E-state index in [-0.39, 0.29) is 31.1 Å². The van der Waals surface area contributed by atoms with Gasteiger partial charge in [-0.1, -0.05) is 6.07 Å². The predicted molar refractivity (Wildman–Crippen MR) is 120 cm³/mol. The van der Waals surface area contributed by atoms with Gasteiger partial charge in [-0.3, -0.25) is 9.48 Å². The molecular weight excluding hydrogens is 430 g/mol. The number of carbonyl (C=O) groups excluding carboxylic acids is 1. The van der Waals surface area contributed by atoms with Gasteiger partial charge in [-0.25, -0.2) is 4.31 Å². The molecule has 1 aromatic heterocycles. The van der Waals surface area contributed by atoms with Gasteiger partial charge in [-0.15, -0.1) is 0 Å². The van der Waals surface area contributed by atoms with Crippen molar-refractivity contribution in [3.8, 4) is 0 Å². The number of hydrogen-bond acceptors (Lipinski definition) is 5. The first-order valence-electron chi connectivity index (χ1n) is 10.9. The summed E-state index contributed by atoms with van der Waals surface area (Å²) in [6.07, 6.45) is 8.92. The molecule has 2 aromatic rings. The van der Waals surface area contributed by atoms with E-state index in [0.717, 1.165) is 48.4 Å². The van der Waals surface area contributed by atoms with Gasteiger partial charge in [0.2, 0.25) is 5.91 Å². The van der Waals surface area contributed by atoms with E-state index < -0.39 is 16.1 Å². The highest BCUT2D eigenvalue weighted by Crippen LogP contribution is 2.35. The average Bonchev–Trinajstić information content (AvgIpc) is 3.44. The third-order valence-corrected chi connectivity index (χ3v) is 7.47. The molecule has 0 radical (unpaired) electrons. The van der Waals surface area contributed by atoms with E-state index in [1.54, 1.807) is 7.05 Å². The van der Waals surface area contributed by atoms with Crippen LogP contribution in [0.4, 0.5) is 5.69 Å². The fraction of sp³-hybridized carbons (Fsp3) is 0.500. The highest BCUT2D eigenvalue weighted by molar-refractivity contribution is 7.91. The van der Waals surface area contributed by atoms with E-state index in [2.05, 4.69) is 20.9 Å². The average molecular weight is 459 g/mol. The number of anilines is 1. The molecule has 32 heavy (non-hydrogen) atoms.